The molecule has 0 saturated heterocycles. The van der Waals surface area contributed by atoms with Crippen LogP contribution in [0.2, 0.25) is 0 Å². The second-order valence-corrected chi connectivity index (χ2v) is 17.7. The van der Waals surface area contributed by atoms with E-state index in [4.69, 9.17) is 22.3 Å². The molecule has 2 aliphatic rings. The number of amides is 3. The van der Waals surface area contributed by atoms with Gasteiger partial charge < -0.3 is 37.4 Å². The fourth-order valence-corrected chi connectivity index (χ4v) is 7.69. The lowest BCUT2D eigenvalue weighted by atomic mass is 9.92. The number of nitrogens with zero attached hydrogens (tertiary/aromatic N) is 6. The Labute approximate surface area is 381 Å². The largest absolute Gasteiger partial charge is 0.481 e. The van der Waals surface area contributed by atoms with Crippen LogP contribution in [0.4, 0.5) is 8.78 Å². The van der Waals surface area contributed by atoms with Crippen LogP contribution in [-0.4, -0.2) is 112 Å². The predicted molar refractivity (Wildman–Crippen MR) is 245 cm³/mol. The Hall–Kier alpha value is -5.78. The van der Waals surface area contributed by atoms with Gasteiger partial charge in [-0.2, -0.15) is 0 Å². The number of halogens is 2. The number of likely N-dealkylation sites (N-methyl/N-ethyl adjacent to an activating group) is 2. The number of aliphatic carboxylic acids is 1. The highest BCUT2D eigenvalue weighted by Gasteiger charge is 2.35. The molecular formula is C48H66F2N10O5. The van der Waals surface area contributed by atoms with Gasteiger partial charge in [-0.15, -0.1) is 0 Å². The van der Waals surface area contributed by atoms with E-state index in [1.807, 2.05) is 64.2 Å². The Morgan fingerprint density at radius 3 is 1.40 bits per heavy atom. The number of carbonyl (C=O) groups excluding carboxylic acids is 3. The van der Waals surface area contributed by atoms with Gasteiger partial charge in [-0.25, -0.2) is 28.7 Å². The molecule has 2 saturated carbocycles. The van der Waals surface area contributed by atoms with Gasteiger partial charge in [0.1, 0.15) is 23.3 Å². The lowest BCUT2D eigenvalue weighted by Crippen LogP contribution is -2.42. The highest BCUT2D eigenvalue weighted by molar-refractivity contribution is 5.94. The number of benzene rings is 2. The van der Waals surface area contributed by atoms with E-state index in [0.717, 1.165) is 59.6 Å². The van der Waals surface area contributed by atoms with Gasteiger partial charge >= 0.3 is 5.97 Å². The van der Waals surface area contributed by atoms with Crippen LogP contribution in [0.1, 0.15) is 116 Å². The first-order chi connectivity index (χ1) is 30.7. The summed E-state index contributed by atoms with van der Waals surface area (Å²) >= 11 is 0. The van der Waals surface area contributed by atoms with Gasteiger partial charge in [0.2, 0.25) is 5.91 Å². The molecule has 4 aromatic rings. The number of hydrogen-bond donors (Lipinski definition) is 5. The summed E-state index contributed by atoms with van der Waals surface area (Å²) in [6.07, 6.45) is 13.5. The van der Waals surface area contributed by atoms with Gasteiger partial charge in [-0.1, -0.05) is 12.1 Å². The van der Waals surface area contributed by atoms with Crippen LogP contribution in [0, 0.1) is 51.2 Å². The molecule has 4 atom stereocenters. The topological polar surface area (TPSA) is 237 Å². The molecule has 17 heteroatoms. The third-order valence-electron chi connectivity index (χ3n) is 12.3. The number of carboxylic acid groups (broad SMARTS) is 1. The number of nitrogens with two attached hydrogens (primary N) is 3. The van der Waals surface area contributed by atoms with E-state index in [9.17, 15) is 28.0 Å². The molecule has 352 valence electrons. The van der Waals surface area contributed by atoms with Crippen molar-refractivity contribution in [1.82, 2.24) is 35.1 Å². The third-order valence-corrected chi connectivity index (χ3v) is 12.3. The molecule has 0 unspecified atom stereocenters. The Balaban J connectivity index is 0.000000236. The van der Waals surface area contributed by atoms with E-state index in [-0.39, 0.29) is 47.4 Å². The van der Waals surface area contributed by atoms with Crippen LogP contribution >= 0.6 is 0 Å². The molecule has 2 fully saturated rings. The fraction of sp³-hybridized carbons (Fsp3) is 0.500. The maximum Gasteiger partial charge on any atom is 0.303 e. The summed E-state index contributed by atoms with van der Waals surface area (Å²) in [5.74, 6) is -0.691. The molecule has 0 radical (unpaired) electrons. The molecular weight excluding hydrogens is 835 g/mol. The first-order valence-electron chi connectivity index (χ1n) is 22.0. The Kier molecular flexibility index (Phi) is 19.1. The molecule has 3 amide bonds. The zero-order valence-electron chi connectivity index (χ0n) is 38.9. The quantitative estimate of drug-likeness (QED) is 0.0844. The molecule has 0 aliphatic heterocycles. The van der Waals surface area contributed by atoms with E-state index in [0.29, 0.717) is 55.3 Å². The van der Waals surface area contributed by atoms with Crippen molar-refractivity contribution in [3.05, 3.63) is 117 Å². The minimum absolute atomic E-state index is 0.0127. The lowest BCUT2D eigenvalue weighted by Gasteiger charge is -2.26. The Morgan fingerprint density at radius 2 is 1.06 bits per heavy atom. The highest BCUT2D eigenvalue weighted by atomic mass is 19.1. The molecule has 8 N–H and O–H groups in total. The third kappa shape index (κ3) is 15.4. The summed E-state index contributed by atoms with van der Waals surface area (Å²) in [7, 11) is 7.72. The zero-order chi connectivity index (χ0) is 48.1. The van der Waals surface area contributed by atoms with Gasteiger partial charge in [0, 0.05) is 62.3 Å². The van der Waals surface area contributed by atoms with Crippen molar-refractivity contribution in [3.8, 4) is 0 Å². The van der Waals surface area contributed by atoms with Crippen LogP contribution < -0.4 is 22.5 Å². The van der Waals surface area contributed by atoms with Crippen molar-refractivity contribution in [2.24, 2.45) is 29.0 Å². The molecule has 15 nitrogen and oxygen atoms in total. The monoisotopic (exact) mass is 901 g/mol. The average molecular weight is 901 g/mol. The SMILES string of the molecule is Cc1c(C[C@@H](CN)N(C)C)ccc(C(N)=O)c1F.Cc1ncc([C@@H](CC(=O)NC[C@H](Cc2ccc(C(N)=O)c(F)c2C)N(C)C)C2CC2)cn1.Cc1ncc([C@@H](CC(=O)O)C2CC2)cn1. The normalized spacial score (nSPS) is 15.2. The first kappa shape index (κ1) is 51.9. The summed E-state index contributed by atoms with van der Waals surface area (Å²) in [5.41, 5.74) is 20.3. The van der Waals surface area contributed by atoms with Gasteiger partial charge in [0.05, 0.1) is 17.5 Å². The van der Waals surface area contributed by atoms with Gasteiger partial charge in [-0.05, 0) is 158 Å². The average Bonchev–Trinajstić information content (AvgIpc) is 4.19. The number of aromatic nitrogens is 4. The molecule has 65 heavy (non-hydrogen) atoms. The van der Waals surface area contributed by atoms with Crippen LogP contribution in [0.25, 0.3) is 0 Å². The van der Waals surface area contributed by atoms with Crippen LogP contribution in [0.3, 0.4) is 0 Å². The second-order valence-electron chi connectivity index (χ2n) is 17.7. The smallest absolute Gasteiger partial charge is 0.303 e. The highest BCUT2D eigenvalue weighted by Crippen LogP contribution is 2.45. The number of carboxylic acids is 1. The molecule has 0 spiro atoms. The molecule has 2 aliphatic carbocycles. The van der Waals surface area contributed by atoms with E-state index in [2.05, 4.69) is 25.3 Å². The molecule has 2 aromatic carbocycles. The van der Waals surface area contributed by atoms with E-state index < -0.39 is 29.4 Å². The number of rotatable bonds is 19. The molecule has 2 aromatic heterocycles. The van der Waals surface area contributed by atoms with Crippen molar-refractivity contribution in [2.75, 3.05) is 41.3 Å². The van der Waals surface area contributed by atoms with Crippen LogP contribution in [0.5, 0.6) is 0 Å². The zero-order valence-corrected chi connectivity index (χ0v) is 38.9. The fourth-order valence-electron chi connectivity index (χ4n) is 7.69. The van der Waals surface area contributed by atoms with Gasteiger partial charge in [0.15, 0.2) is 0 Å². The van der Waals surface area contributed by atoms with Crippen LogP contribution in [0.15, 0.2) is 49.1 Å². The second kappa shape index (κ2) is 23.9. The standard InChI is InChI=1S/C24H32FN5O2.C13H20FN3O.C11H14N2O2/c1-14-17(7-8-20(23(14)25)24(26)32)9-19(30(3)4)13-29-22(31)10-21(16-5-6-16)18-11-27-15(2)28-12-18;1-8-9(6-10(7-15)17(2)3)4-5-11(12(8)14)13(16)18;1-7-12-5-9(6-13-7)10(4-11(14)15)8-2-3-8/h7-8,11-12,16,19,21H,5-6,9-10,13H2,1-4H3,(H2,26,32)(H,29,31);4-5,10H,6-7,15H2,1-3H3,(H2,16,18);5-6,8,10H,2-4H2,1H3,(H,14,15)/t19-,21-;2*10-/m000/s1. The Bertz CT molecular complexity index is 2250. The minimum Gasteiger partial charge on any atom is -0.481 e. The van der Waals surface area contributed by atoms with Crippen molar-refractivity contribution >= 4 is 23.7 Å². The maximum absolute atomic E-state index is 14.5. The van der Waals surface area contributed by atoms with E-state index in [1.54, 1.807) is 38.4 Å². The lowest BCUT2D eigenvalue weighted by molar-refractivity contribution is -0.137. The predicted octanol–water partition coefficient (Wildman–Crippen LogP) is 4.92. The summed E-state index contributed by atoms with van der Waals surface area (Å²) < 4.78 is 28.4. The van der Waals surface area contributed by atoms with Gasteiger partial charge in [-0.3, -0.25) is 19.2 Å². The minimum atomic E-state index is -0.780. The van der Waals surface area contributed by atoms with Crippen LogP contribution in [-0.2, 0) is 22.4 Å². The first-order valence-corrected chi connectivity index (χ1v) is 22.0. The summed E-state index contributed by atoms with van der Waals surface area (Å²) in [6, 6.07) is 6.45. The number of nitrogens with one attached hydrogen (secondary N) is 1. The number of carbonyl (C=O) groups is 4. The number of hydrogen-bond acceptors (Lipinski definition) is 11. The maximum atomic E-state index is 14.5. The van der Waals surface area contributed by atoms with E-state index in [1.165, 1.54) is 12.1 Å². The van der Waals surface area contributed by atoms with Gasteiger partial charge in [0.25, 0.3) is 11.8 Å². The van der Waals surface area contributed by atoms with Crippen molar-refractivity contribution in [1.29, 1.82) is 0 Å². The molecule has 2 heterocycles. The van der Waals surface area contributed by atoms with E-state index >= 15 is 0 Å². The summed E-state index contributed by atoms with van der Waals surface area (Å²) in [4.78, 5) is 66.7. The van der Waals surface area contributed by atoms with Crippen molar-refractivity contribution < 1.29 is 33.1 Å². The Morgan fingerprint density at radius 1 is 0.677 bits per heavy atom. The molecule has 6 rings (SSSR count). The van der Waals surface area contributed by atoms with Crippen molar-refractivity contribution in [3.63, 3.8) is 0 Å². The number of primary amides is 2. The molecule has 0 bridgehead atoms. The van der Waals surface area contributed by atoms with Crippen molar-refractivity contribution in [2.45, 2.75) is 103 Å². The number of aryl methyl sites for hydroxylation is 2. The summed E-state index contributed by atoms with van der Waals surface area (Å²) in [6.45, 7) is 7.90. The summed E-state index contributed by atoms with van der Waals surface area (Å²) in [5, 5.41) is 11.9.